The molecule has 0 radical (unpaired) electrons. The molecule has 21 heavy (non-hydrogen) atoms. The zero-order chi connectivity index (χ0) is 15.0. The highest BCUT2D eigenvalue weighted by molar-refractivity contribution is 5.67. The van der Waals surface area contributed by atoms with Crippen LogP contribution in [0.3, 0.4) is 0 Å². The van der Waals surface area contributed by atoms with Crippen LogP contribution >= 0.6 is 0 Å². The van der Waals surface area contributed by atoms with E-state index >= 15 is 0 Å². The molecule has 2 heterocycles. The smallest absolute Gasteiger partial charge is 0.263 e. The van der Waals surface area contributed by atoms with Gasteiger partial charge in [-0.05, 0) is 42.3 Å². The van der Waals surface area contributed by atoms with E-state index in [2.05, 4.69) is 4.98 Å². The van der Waals surface area contributed by atoms with Crippen LogP contribution in [0.4, 0.5) is 4.39 Å². The number of benzene rings is 1. The van der Waals surface area contributed by atoms with E-state index < -0.39 is 6.10 Å². The molecule has 1 atom stereocenters. The van der Waals surface area contributed by atoms with Gasteiger partial charge in [0.2, 0.25) is 0 Å². The third-order valence-corrected chi connectivity index (χ3v) is 3.34. The highest BCUT2D eigenvalue weighted by atomic mass is 19.1. The zero-order valence-corrected chi connectivity index (χ0v) is 11.3. The largest absolute Gasteiger partial charge is 0.388 e. The lowest BCUT2D eigenvalue weighted by atomic mass is 10.1. The van der Waals surface area contributed by atoms with Gasteiger partial charge in [-0.25, -0.2) is 9.37 Å². The minimum atomic E-state index is -0.871. The molecule has 106 valence electrons. The van der Waals surface area contributed by atoms with Crippen LogP contribution in [0.1, 0.15) is 18.6 Å². The van der Waals surface area contributed by atoms with Gasteiger partial charge < -0.3 is 5.11 Å². The second-order valence-corrected chi connectivity index (χ2v) is 4.85. The Morgan fingerprint density at radius 1 is 1.24 bits per heavy atom. The molecule has 0 aliphatic carbocycles. The molecular weight excluding hydrogens is 271 g/mol. The predicted molar refractivity (Wildman–Crippen MR) is 77.5 cm³/mol. The number of fused-ring (bicyclic) bond motifs is 1. The Kier molecular flexibility index (Phi) is 3.27. The molecular formula is C16H13FN2O2. The van der Waals surface area contributed by atoms with E-state index in [1.54, 1.807) is 30.5 Å². The van der Waals surface area contributed by atoms with Crippen LogP contribution in [0.25, 0.3) is 16.8 Å². The van der Waals surface area contributed by atoms with Gasteiger partial charge in [0, 0.05) is 12.4 Å². The summed E-state index contributed by atoms with van der Waals surface area (Å²) < 4.78 is 14.6. The van der Waals surface area contributed by atoms with Crippen molar-refractivity contribution in [1.29, 1.82) is 0 Å². The normalized spacial score (nSPS) is 12.5. The fraction of sp³-hybridized carbons (Fsp3) is 0.125. The van der Waals surface area contributed by atoms with Gasteiger partial charge in [-0.1, -0.05) is 12.1 Å². The molecule has 1 unspecified atom stereocenters. The Labute approximate surface area is 120 Å². The average molecular weight is 284 g/mol. The molecule has 0 saturated heterocycles. The van der Waals surface area contributed by atoms with Crippen molar-refractivity contribution in [3.8, 4) is 11.1 Å². The summed E-state index contributed by atoms with van der Waals surface area (Å²) in [6.45, 7) is 1.52. The van der Waals surface area contributed by atoms with E-state index in [4.69, 9.17) is 0 Å². The summed E-state index contributed by atoms with van der Waals surface area (Å²) in [6.07, 6.45) is 2.08. The molecule has 3 rings (SSSR count). The summed E-state index contributed by atoms with van der Waals surface area (Å²) in [5.41, 5.74) is 1.87. The zero-order valence-electron chi connectivity index (χ0n) is 11.3. The van der Waals surface area contributed by atoms with Crippen LogP contribution in [-0.4, -0.2) is 14.5 Å². The van der Waals surface area contributed by atoms with Crippen molar-refractivity contribution in [2.45, 2.75) is 13.0 Å². The van der Waals surface area contributed by atoms with E-state index in [9.17, 15) is 14.3 Å². The van der Waals surface area contributed by atoms with Gasteiger partial charge in [-0.15, -0.1) is 0 Å². The fourth-order valence-corrected chi connectivity index (χ4v) is 2.22. The molecule has 4 nitrogen and oxygen atoms in total. The van der Waals surface area contributed by atoms with E-state index in [1.807, 2.05) is 0 Å². The first-order valence-electron chi connectivity index (χ1n) is 6.51. The number of hydrogen-bond acceptors (Lipinski definition) is 3. The second-order valence-electron chi connectivity index (χ2n) is 4.85. The molecule has 0 fully saturated rings. The Balaban J connectivity index is 2.18. The van der Waals surface area contributed by atoms with Crippen molar-refractivity contribution in [2.24, 2.45) is 0 Å². The van der Waals surface area contributed by atoms with Gasteiger partial charge in [-0.3, -0.25) is 9.20 Å². The topological polar surface area (TPSA) is 54.6 Å². The standard InChI is InChI=1S/C16H13FN2O2/c1-10(20)14-9-18-15-8-12(5-6-19(15)16(14)21)11-3-2-4-13(17)7-11/h2-10,20H,1H3. The third kappa shape index (κ3) is 2.43. The highest BCUT2D eigenvalue weighted by Crippen LogP contribution is 2.21. The number of halogens is 1. The van der Waals surface area contributed by atoms with E-state index in [-0.39, 0.29) is 16.9 Å². The van der Waals surface area contributed by atoms with Crippen molar-refractivity contribution in [3.05, 3.63) is 70.5 Å². The second kappa shape index (κ2) is 5.10. The van der Waals surface area contributed by atoms with Gasteiger partial charge in [0.05, 0.1) is 11.7 Å². The summed E-state index contributed by atoms with van der Waals surface area (Å²) in [6, 6.07) is 9.65. The summed E-state index contributed by atoms with van der Waals surface area (Å²) in [5.74, 6) is -0.317. The van der Waals surface area contributed by atoms with Crippen LogP contribution in [-0.2, 0) is 0 Å². The lowest BCUT2D eigenvalue weighted by Gasteiger charge is -2.08. The van der Waals surface area contributed by atoms with Crippen LogP contribution < -0.4 is 5.56 Å². The molecule has 0 amide bonds. The van der Waals surface area contributed by atoms with Gasteiger partial charge in [-0.2, -0.15) is 0 Å². The van der Waals surface area contributed by atoms with Crippen LogP contribution in [0.15, 0.2) is 53.6 Å². The molecule has 3 aromatic rings. The number of aliphatic hydroxyl groups is 1. The van der Waals surface area contributed by atoms with Crippen molar-refractivity contribution >= 4 is 5.65 Å². The van der Waals surface area contributed by atoms with E-state index in [0.717, 1.165) is 5.56 Å². The maximum Gasteiger partial charge on any atom is 0.263 e. The monoisotopic (exact) mass is 284 g/mol. The molecule has 0 aliphatic heterocycles. The minimum Gasteiger partial charge on any atom is -0.388 e. The Bertz CT molecular complexity index is 872. The molecule has 0 spiro atoms. The van der Waals surface area contributed by atoms with Crippen molar-refractivity contribution in [3.63, 3.8) is 0 Å². The molecule has 0 saturated carbocycles. The number of aliphatic hydroxyl groups excluding tert-OH is 1. The molecule has 1 N–H and O–H groups in total. The summed E-state index contributed by atoms with van der Waals surface area (Å²) in [4.78, 5) is 16.4. The van der Waals surface area contributed by atoms with E-state index in [0.29, 0.717) is 11.2 Å². The molecule has 0 aliphatic rings. The number of rotatable bonds is 2. The average Bonchev–Trinajstić information content (AvgIpc) is 2.47. The highest BCUT2D eigenvalue weighted by Gasteiger charge is 2.10. The van der Waals surface area contributed by atoms with Crippen LogP contribution in [0.2, 0.25) is 0 Å². The first-order chi connectivity index (χ1) is 10.1. The molecule has 2 aromatic heterocycles. The molecule has 5 heteroatoms. The maximum absolute atomic E-state index is 13.3. The number of hydrogen-bond donors (Lipinski definition) is 1. The van der Waals surface area contributed by atoms with Crippen LogP contribution in [0.5, 0.6) is 0 Å². The molecule has 0 bridgehead atoms. The SMILES string of the molecule is CC(O)c1cnc2cc(-c3cccc(F)c3)ccn2c1=O. The van der Waals surface area contributed by atoms with Crippen molar-refractivity contribution in [1.82, 2.24) is 9.38 Å². The minimum absolute atomic E-state index is 0.242. The van der Waals surface area contributed by atoms with Crippen molar-refractivity contribution < 1.29 is 9.50 Å². The number of nitrogens with zero attached hydrogens (tertiary/aromatic N) is 2. The van der Waals surface area contributed by atoms with Gasteiger partial charge >= 0.3 is 0 Å². The van der Waals surface area contributed by atoms with Crippen LogP contribution in [0, 0.1) is 5.82 Å². The predicted octanol–water partition coefficient (Wildman–Crippen LogP) is 2.55. The lowest BCUT2D eigenvalue weighted by Crippen LogP contribution is -2.20. The lowest BCUT2D eigenvalue weighted by molar-refractivity contribution is 0.197. The van der Waals surface area contributed by atoms with Gasteiger partial charge in [0.1, 0.15) is 11.5 Å². The first-order valence-corrected chi connectivity index (χ1v) is 6.51. The number of pyridine rings is 1. The summed E-state index contributed by atoms with van der Waals surface area (Å²) in [7, 11) is 0. The Morgan fingerprint density at radius 3 is 2.71 bits per heavy atom. The third-order valence-electron chi connectivity index (χ3n) is 3.34. The summed E-state index contributed by atoms with van der Waals surface area (Å²) >= 11 is 0. The molecule has 1 aromatic carbocycles. The number of aromatic nitrogens is 2. The Morgan fingerprint density at radius 2 is 2.00 bits per heavy atom. The quantitative estimate of drug-likeness (QED) is 0.787. The van der Waals surface area contributed by atoms with E-state index in [1.165, 1.54) is 29.7 Å². The fourth-order valence-electron chi connectivity index (χ4n) is 2.22. The Hall–Kier alpha value is -2.53. The summed E-state index contributed by atoms with van der Waals surface area (Å²) in [5, 5.41) is 9.53. The van der Waals surface area contributed by atoms with Gasteiger partial charge in [0.25, 0.3) is 5.56 Å². The maximum atomic E-state index is 13.3. The van der Waals surface area contributed by atoms with Gasteiger partial charge in [0.15, 0.2) is 0 Å². The first kappa shape index (κ1) is 13.5. The van der Waals surface area contributed by atoms with Crippen molar-refractivity contribution in [2.75, 3.05) is 0 Å².